The summed E-state index contributed by atoms with van der Waals surface area (Å²) in [6.07, 6.45) is 2.53. The fourth-order valence-corrected chi connectivity index (χ4v) is 3.24. The van der Waals surface area contributed by atoms with E-state index in [4.69, 9.17) is 0 Å². The number of hydrogen-bond donors (Lipinski definition) is 1. The van der Waals surface area contributed by atoms with Gasteiger partial charge in [0.2, 0.25) is 5.91 Å². The van der Waals surface area contributed by atoms with Gasteiger partial charge >= 0.3 is 0 Å². The van der Waals surface area contributed by atoms with Gasteiger partial charge in [-0.2, -0.15) is 0 Å². The molecule has 0 aliphatic rings. The van der Waals surface area contributed by atoms with Gasteiger partial charge in [0.1, 0.15) is 10.8 Å². The lowest BCUT2D eigenvalue weighted by molar-refractivity contribution is -0.120. The standard InChI is InChI=1S/C15H17FN2O2S2/c1-22(20)7-3-6-17-14(19)9-13-10-21-15(18-13)11-4-2-5-12(16)8-11/h2,4-5,8,10H,3,6-7,9H2,1H3,(H,17,19). The highest BCUT2D eigenvalue weighted by Crippen LogP contribution is 2.24. The molecular weight excluding hydrogens is 323 g/mol. The molecule has 22 heavy (non-hydrogen) atoms. The van der Waals surface area contributed by atoms with E-state index >= 15 is 0 Å². The van der Waals surface area contributed by atoms with Gasteiger partial charge in [0, 0.05) is 40.3 Å². The molecule has 0 aliphatic carbocycles. The number of nitrogens with one attached hydrogen (secondary N) is 1. The van der Waals surface area contributed by atoms with Crippen LogP contribution in [-0.2, 0) is 22.0 Å². The average Bonchev–Trinajstić information content (AvgIpc) is 2.92. The molecular formula is C15H17FN2O2S2. The van der Waals surface area contributed by atoms with Crippen molar-refractivity contribution in [3.63, 3.8) is 0 Å². The molecule has 118 valence electrons. The first kappa shape index (κ1) is 16.8. The maximum Gasteiger partial charge on any atom is 0.226 e. The van der Waals surface area contributed by atoms with Crippen LogP contribution in [0.2, 0.25) is 0 Å². The minimum Gasteiger partial charge on any atom is -0.356 e. The number of nitrogens with zero attached hydrogens (tertiary/aromatic N) is 1. The maximum atomic E-state index is 13.2. The van der Waals surface area contributed by atoms with Crippen molar-refractivity contribution in [3.8, 4) is 10.6 Å². The zero-order valence-electron chi connectivity index (χ0n) is 12.2. The lowest BCUT2D eigenvalue weighted by atomic mass is 10.2. The zero-order chi connectivity index (χ0) is 15.9. The summed E-state index contributed by atoms with van der Waals surface area (Å²) in [6, 6.07) is 6.23. The van der Waals surface area contributed by atoms with E-state index in [-0.39, 0.29) is 18.1 Å². The molecule has 0 saturated carbocycles. The smallest absolute Gasteiger partial charge is 0.226 e. The molecule has 2 rings (SSSR count). The number of hydrogen-bond acceptors (Lipinski definition) is 4. The predicted octanol–water partition coefficient (Wildman–Crippen LogP) is 2.38. The van der Waals surface area contributed by atoms with Crippen LogP contribution < -0.4 is 5.32 Å². The minimum absolute atomic E-state index is 0.113. The van der Waals surface area contributed by atoms with Gasteiger partial charge in [0.15, 0.2) is 0 Å². The number of amides is 1. The SMILES string of the molecule is CS(=O)CCCNC(=O)Cc1csc(-c2cccc(F)c2)n1. The summed E-state index contributed by atoms with van der Waals surface area (Å²) < 4.78 is 24.1. The van der Waals surface area contributed by atoms with Gasteiger partial charge in [-0.25, -0.2) is 9.37 Å². The van der Waals surface area contributed by atoms with Crippen molar-refractivity contribution >= 4 is 28.0 Å². The summed E-state index contributed by atoms with van der Waals surface area (Å²) >= 11 is 1.39. The van der Waals surface area contributed by atoms with Gasteiger partial charge in [0.25, 0.3) is 0 Å². The van der Waals surface area contributed by atoms with Crippen LogP contribution in [0.4, 0.5) is 4.39 Å². The lowest BCUT2D eigenvalue weighted by Gasteiger charge is -2.02. The number of thiazole rings is 1. The summed E-state index contributed by atoms with van der Waals surface area (Å²) in [5.41, 5.74) is 1.38. The molecule has 0 spiro atoms. The number of aromatic nitrogens is 1. The minimum atomic E-state index is -0.831. The van der Waals surface area contributed by atoms with Crippen LogP contribution >= 0.6 is 11.3 Å². The molecule has 2 aromatic rings. The van der Waals surface area contributed by atoms with Crippen molar-refractivity contribution < 1.29 is 13.4 Å². The van der Waals surface area contributed by atoms with E-state index in [9.17, 15) is 13.4 Å². The molecule has 1 aromatic heterocycles. The number of carbonyl (C=O) groups is 1. The van der Waals surface area contributed by atoms with E-state index in [1.165, 1.54) is 23.5 Å². The number of carbonyl (C=O) groups excluding carboxylic acids is 1. The maximum absolute atomic E-state index is 13.2. The molecule has 1 unspecified atom stereocenters. The fourth-order valence-electron chi connectivity index (χ4n) is 1.87. The Morgan fingerprint density at radius 2 is 2.27 bits per heavy atom. The molecule has 1 N–H and O–H groups in total. The van der Waals surface area contributed by atoms with Gasteiger partial charge in [-0.3, -0.25) is 9.00 Å². The van der Waals surface area contributed by atoms with E-state index in [1.807, 2.05) is 0 Å². The highest BCUT2D eigenvalue weighted by Gasteiger charge is 2.09. The van der Waals surface area contributed by atoms with Gasteiger partial charge in [-0.05, 0) is 18.6 Å². The summed E-state index contributed by atoms with van der Waals surface area (Å²) in [4.78, 5) is 16.1. The molecule has 0 radical (unpaired) electrons. The van der Waals surface area contributed by atoms with E-state index in [2.05, 4.69) is 10.3 Å². The molecule has 4 nitrogen and oxygen atoms in total. The van der Waals surface area contributed by atoms with Crippen molar-refractivity contribution in [2.75, 3.05) is 18.6 Å². The summed E-state index contributed by atoms with van der Waals surface area (Å²) in [7, 11) is -0.831. The van der Waals surface area contributed by atoms with Crippen LogP contribution in [0.15, 0.2) is 29.6 Å². The molecule has 1 heterocycles. The summed E-state index contributed by atoms with van der Waals surface area (Å²) in [6.45, 7) is 0.513. The highest BCUT2D eigenvalue weighted by molar-refractivity contribution is 7.84. The second kappa shape index (κ2) is 8.14. The van der Waals surface area contributed by atoms with Crippen LogP contribution in [0, 0.1) is 5.82 Å². The molecule has 0 saturated heterocycles. The quantitative estimate of drug-likeness (QED) is 0.787. The first-order chi connectivity index (χ1) is 10.5. The normalized spacial score (nSPS) is 12.1. The molecule has 0 fully saturated rings. The van der Waals surface area contributed by atoms with Gasteiger partial charge in [-0.15, -0.1) is 11.3 Å². The van der Waals surface area contributed by atoms with Crippen molar-refractivity contribution in [1.82, 2.24) is 10.3 Å². The number of benzene rings is 1. The zero-order valence-corrected chi connectivity index (χ0v) is 13.8. The van der Waals surface area contributed by atoms with Crippen molar-refractivity contribution in [2.24, 2.45) is 0 Å². The topological polar surface area (TPSA) is 59.1 Å². The van der Waals surface area contributed by atoms with E-state index in [1.54, 1.807) is 23.8 Å². The van der Waals surface area contributed by atoms with Gasteiger partial charge in [-0.1, -0.05) is 12.1 Å². The Morgan fingerprint density at radius 3 is 3.00 bits per heavy atom. The first-order valence-electron chi connectivity index (χ1n) is 6.81. The largest absolute Gasteiger partial charge is 0.356 e. The fraction of sp³-hybridized carbons (Fsp3) is 0.333. The first-order valence-corrected chi connectivity index (χ1v) is 9.42. The van der Waals surface area contributed by atoms with Gasteiger partial charge in [0.05, 0.1) is 12.1 Å². The van der Waals surface area contributed by atoms with Crippen LogP contribution in [0.1, 0.15) is 12.1 Å². The Hall–Kier alpha value is -1.60. The van der Waals surface area contributed by atoms with Crippen molar-refractivity contribution in [2.45, 2.75) is 12.8 Å². The Bertz CT molecular complexity index is 673. The Balaban J connectivity index is 1.86. The number of halogens is 1. The lowest BCUT2D eigenvalue weighted by Crippen LogP contribution is -2.27. The highest BCUT2D eigenvalue weighted by atomic mass is 32.2. The summed E-state index contributed by atoms with van der Waals surface area (Å²) in [5.74, 6) is 0.166. The molecule has 0 aliphatic heterocycles. The van der Waals surface area contributed by atoms with E-state index in [0.717, 1.165) is 0 Å². The van der Waals surface area contributed by atoms with Crippen LogP contribution in [0.5, 0.6) is 0 Å². The average molecular weight is 340 g/mol. The summed E-state index contributed by atoms with van der Waals surface area (Å²) in [5, 5.41) is 5.28. The van der Waals surface area contributed by atoms with E-state index < -0.39 is 10.8 Å². The Kier molecular flexibility index (Phi) is 6.21. The van der Waals surface area contributed by atoms with Crippen LogP contribution in [-0.4, -0.2) is 33.7 Å². The Morgan fingerprint density at radius 1 is 1.45 bits per heavy atom. The third-order valence-corrected chi connectivity index (χ3v) is 4.70. The van der Waals surface area contributed by atoms with Crippen LogP contribution in [0.3, 0.4) is 0 Å². The second-order valence-corrected chi connectivity index (χ2v) is 7.22. The Labute approximate surface area is 135 Å². The second-order valence-electron chi connectivity index (χ2n) is 4.81. The molecule has 1 amide bonds. The molecule has 1 aromatic carbocycles. The monoisotopic (exact) mass is 340 g/mol. The number of rotatable bonds is 7. The van der Waals surface area contributed by atoms with Crippen molar-refractivity contribution in [3.05, 3.63) is 41.2 Å². The third-order valence-electron chi connectivity index (χ3n) is 2.90. The van der Waals surface area contributed by atoms with Crippen molar-refractivity contribution in [1.29, 1.82) is 0 Å². The molecule has 1 atom stereocenters. The van der Waals surface area contributed by atoms with E-state index in [0.29, 0.717) is 35.0 Å². The molecule has 0 bridgehead atoms. The molecule has 7 heteroatoms. The predicted molar refractivity (Wildman–Crippen MR) is 87.8 cm³/mol. The van der Waals surface area contributed by atoms with Crippen LogP contribution in [0.25, 0.3) is 10.6 Å². The van der Waals surface area contributed by atoms with Gasteiger partial charge < -0.3 is 5.32 Å². The third kappa shape index (κ3) is 5.31.